The van der Waals surface area contributed by atoms with Gasteiger partial charge in [-0.3, -0.25) is 0 Å². The molecule has 0 saturated carbocycles. The lowest BCUT2D eigenvalue weighted by molar-refractivity contribution is 0.227. The third-order valence-corrected chi connectivity index (χ3v) is 7.75. The lowest BCUT2D eigenvalue weighted by atomic mass is 9.78. The van der Waals surface area contributed by atoms with Gasteiger partial charge in [0.25, 0.3) is 0 Å². The molecule has 0 aromatic carbocycles. The average molecular weight is 377 g/mol. The fourth-order valence-corrected chi connectivity index (χ4v) is 4.90. The highest BCUT2D eigenvalue weighted by Gasteiger charge is 2.20. The molecule has 0 aromatic rings. The Morgan fingerprint density at radius 2 is 1.41 bits per heavy atom. The second kappa shape index (κ2) is 14.7. The van der Waals surface area contributed by atoms with E-state index >= 15 is 0 Å². The van der Waals surface area contributed by atoms with Crippen molar-refractivity contribution < 1.29 is 0 Å². The fraction of sp³-hybridized carbons (Fsp3) is 0.926. The van der Waals surface area contributed by atoms with Gasteiger partial charge < -0.3 is 0 Å². The van der Waals surface area contributed by atoms with Crippen molar-refractivity contribution in [2.45, 2.75) is 125 Å². The number of hydrogen-bond donors (Lipinski definition) is 0. The number of unbranched alkanes of at least 4 members (excludes halogenated alkanes) is 4. The van der Waals surface area contributed by atoms with Crippen LogP contribution in [0.1, 0.15) is 125 Å². The van der Waals surface area contributed by atoms with Gasteiger partial charge in [0.2, 0.25) is 0 Å². The van der Waals surface area contributed by atoms with Crippen LogP contribution in [0.2, 0.25) is 0 Å². The Kier molecular flexibility index (Phi) is 13.5. The predicted molar refractivity (Wildman–Crippen MR) is 124 cm³/mol. The molecule has 0 aromatic heterocycles. The van der Waals surface area contributed by atoms with Crippen molar-refractivity contribution in [2.75, 3.05) is 0 Å². The Hall–Kier alpha value is -0.260. The SMILES string of the molecule is CCC(C)CC(C)C(C)CC(C)C(C)CCCCCCCC1C=CCCC1. The molecule has 0 amide bonds. The smallest absolute Gasteiger partial charge is 0.0233 e. The van der Waals surface area contributed by atoms with E-state index < -0.39 is 0 Å². The molecule has 1 aliphatic carbocycles. The zero-order chi connectivity index (χ0) is 20.1. The molecule has 27 heavy (non-hydrogen) atoms. The van der Waals surface area contributed by atoms with Crippen LogP contribution in [0.25, 0.3) is 0 Å². The van der Waals surface area contributed by atoms with Gasteiger partial charge in [-0.15, -0.1) is 0 Å². The van der Waals surface area contributed by atoms with Crippen LogP contribution in [0, 0.1) is 35.5 Å². The maximum absolute atomic E-state index is 2.51. The summed E-state index contributed by atoms with van der Waals surface area (Å²) in [5, 5.41) is 0. The van der Waals surface area contributed by atoms with Gasteiger partial charge in [0.05, 0.1) is 0 Å². The maximum Gasteiger partial charge on any atom is -0.0233 e. The molecule has 1 rings (SSSR count). The van der Waals surface area contributed by atoms with Crippen molar-refractivity contribution in [3.8, 4) is 0 Å². The molecule has 6 unspecified atom stereocenters. The molecule has 0 saturated heterocycles. The van der Waals surface area contributed by atoms with E-state index in [1.165, 1.54) is 83.5 Å². The van der Waals surface area contributed by atoms with Crippen molar-refractivity contribution >= 4 is 0 Å². The second-order valence-corrected chi connectivity index (χ2v) is 10.4. The van der Waals surface area contributed by atoms with Crippen LogP contribution in [-0.2, 0) is 0 Å². The highest BCUT2D eigenvalue weighted by atomic mass is 14.3. The normalized spacial score (nSPS) is 23.0. The van der Waals surface area contributed by atoms with Crippen molar-refractivity contribution in [1.82, 2.24) is 0 Å². The predicted octanol–water partition coefficient (Wildman–Crippen LogP) is 9.44. The van der Waals surface area contributed by atoms with E-state index in [1.807, 2.05) is 0 Å². The van der Waals surface area contributed by atoms with Gasteiger partial charge in [0.1, 0.15) is 0 Å². The fourth-order valence-electron chi connectivity index (χ4n) is 4.90. The molecule has 0 radical (unpaired) electrons. The van der Waals surface area contributed by atoms with Gasteiger partial charge in [0.15, 0.2) is 0 Å². The minimum atomic E-state index is 0.880. The summed E-state index contributed by atoms with van der Waals surface area (Å²) in [7, 11) is 0. The molecular weight excluding hydrogens is 324 g/mol. The Morgan fingerprint density at radius 1 is 0.778 bits per heavy atom. The Bertz CT molecular complexity index is 368. The Morgan fingerprint density at radius 3 is 2.07 bits per heavy atom. The molecule has 0 nitrogen and oxygen atoms in total. The summed E-state index contributed by atoms with van der Waals surface area (Å²) in [5.41, 5.74) is 0. The molecule has 0 fully saturated rings. The van der Waals surface area contributed by atoms with Crippen LogP contribution in [0.5, 0.6) is 0 Å². The van der Waals surface area contributed by atoms with E-state index in [0.29, 0.717) is 0 Å². The Balaban J connectivity index is 2.05. The van der Waals surface area contributed by atoms with Crippen molar-refractivity contribution in [1.29, 1.82) is 0 Å². The van der Waals surface area contributed by atoms with Crippen LogP contribution < -0.4 is 0 Å². The van der Waals surface area contributed by atoms with E-state index in [9.17, 15) is 0 Å². The van der Waals surface area contributed by atoms with E-state index in [4.69, 9.17) is 0 Å². The van der Waals surface area contributed by atoms with Crippen molar-refractivity contribution in [2.24, 2.45) is 35.5 Å². The van der Waals surface area contributed by atoms with Gasteiger partial charge in [-0.05, 0) is 74.0 Å². The van der Waals surface area contributed by atoms with E-state index in [-0.39, 0.29) is 0 Å². The largest absolute Gasteiger partial charge is 0.0883 e. The van der Waals surface area contributed by atoms with E-state index in [2.05, 4.69) is 53.7 Å². The van der Waals surface area contributed by atoms with Crippen LogP contribution in [0.3, 0.4) is 0 Å². The third kappa shape index (κ3) is 11.4. The van der Waals surface area contributed by atoms with Gasteiger partial charge in [-0.25, -0.2) is 0 Å². The first-order valence-electron chi connectivity index (χ1n) is 12.6. The molecule has 1 aliphatic rings. The maximum atomic E-state index is 2.51. The lowest BCUT2D eigenvalue weighted by Crippen LogP contribution is -2.18. The molecule has 0 spiro atoms. The zero-order valence-electron chi connectivity index (χ0n) is 19.8. The van der Waals surface area contributed by atoms with Crippen LogP contribution in [-0.4, -0.2) is 0 Å². The summed E-state index contributed by atoms with van der Waals surface area (Å²) < 4.78 is 0. The summed E-state index contributed by atoms with van der Waals surface area (Å²) in [4.78, 5) is 0. The summed E-state index contributed by atoms with van der Waals surface area (Å²) in [5.74, 6) is 5.35. The van der Waals surface area contributed by atoms with E-state index in [0.717, 1.165) is 35.5 Å². The van der Waals surface area contributed by atoms with Gasteiger partial charge in [0, 0.05) is 0 Å². The molecule has 160 valence electrons. The molecular formula is C27H52. The molecule has 0 heteroatoms. The standard InChI is InChI=1S/C27H52/c1-7-22(2)20-24(4)26(6)21-25(5)23(3)16-12-9-8-10-13-17-27-18-14-11-15-19-27/h14,18,22-27H,7-13,15-17,19-21H2,1-6H3. The van der Waals surface area contributed by atoms with Crippen molar-refractivity contribution in [3.63, 3.8) is 0 Å². The highest BCUT2D eigenvalue weighted by Crippen LogP contribution is 2.31. The monoisotopic (exact) mass is 376 g/mol. The molecule has 6 atom stereocenters. The van der Waals surface area contributed by atoms with E-state index in [1.54, 1.807) is 0 Å². The molecule has 0 N–H and O–H groups in total. The third-order valence-electron chi connectivity index (χ3n) is 7.75. The number of rotatable bonds is 15. The minimum absolute atomic E-state index is 0.880. The lowest BCUT2D eigenvalue weighted by Gasteiger charge is -2.28. The minimum Gasteiger partial charge on any atom is -0.0883 e. The Labute approximate surface area is 173 Å². The highest BCUT2D eigenvalue weighted by molar-refractivity contribution is 4.92. The summed E-state index contributed by atoms with van der Waals surface area (Å²) in [6.45, 7) is 14.7. The van der Waals surface area contributed by atoms with Gasteiger partial charge in [-0.2, -0.15) is 0 Å². The van der Waals surface area contributed by atoms with Gasteiger partial charge >= 0.3 is 0 Å². The topological polar surface area (TPSA) is 0 Å². The molecule has 0 bridgehead atoms. The van der Waals surface area contributed by atoms with Crippen molar-refractivity contribution in [3.05, 3.63) is 12.2 Å². The molecule has 0 heterocycles. The van der Waals surface area contributed by atoms with Crippen LogP contribution >= 0.6 is 0 Å². The second-order valence-electron chi connectivity index (χ2n) is 10.4. The van der Waals surface area contributed by atoms with Crippen LogP contribution in [0.15, 0.2) is 12.2 Å². The number of hydrogen-bond acceptors (Lipinski definition) is 0. The van der Waals surface area contributed by atoms with Crippen LogP contribution in [0.4, 0.5) is 0 Å². The first-order chi connectivity index (χ1) is 12.9. The average Bonchev–Trinajstić information content (AvgIpc) is 2.67. The zero-order valence-corrected chi connectivity index (χ0v) is 19.8. The summed E-state index contributed by atoms with van der Waals surface area (Å²) in [6, 6.07) is 0. The first-order valence-corrected chi connectivity index (χ1v) is 12.6. The summed E-state index contributed by atoms with van der Waals surface area (Å²) in [6.07, 6.45) is 23.4. The first kappa shape index (κ1) is 24.8. The quantitative estimate of drug-likeness (QED) is 0.197. The summed E-state index contributed by atoms with van der Waals surface area (Å²) >= 11 is 0. The van der Waals surface area contributed by atoms with Gasteiger partial charge in [-0.1, -0.05) is 98.6 Å². The number of allylic oxidation sites excluding steroid dienone is 2. The molecule has 0 aliphatic heterocycles.